The third kappa shape index (κ3) is 3.55. The highest BCUT2D eigenvalue weighted by Gasteiger charge is 2.12. The van der Waals surface area contributed by atoms with Gasteiger partial charge in [0, 0.05) is 12.4 Å². The highest BCUT2D eigenvalue weighted by molar-refractivity contribution is 5.34. The largest absolute Gasteiger partial charge is 0.497 e. The van der Waals surface area contributed by atoms with E-state index in [-0.39, 0.29) is 6.04 Å². The van der Waals surface area contributed by atoms with Gasteiger partial charge in [-0.15, -0.1) is 0 Å². The van der Waals surface area contributed by atoms with Crippen LogP contribution >= 0.6 is 0 Å². The Bertz CT molecular complexity index is 482. The van der Waals surface area contributed by atoms with Crippen LogP contribution in [0.4, 0.5) is 0 Å². The summed E-state index contributed by atoms with van der Waals surface area (Å²) in [6.45, 7) is 3.16. The van der Waals surface area contributed by atoms with Crippen molar-refractivity contribution < 1.29 is 4.74 Å². The summed E-state index contributed by atoms with van der Waals surface area (Å²) in [5.74, 6) is 0.882. The summed E-state index contributed by atoms with van der Waals surface area (Å²) in [6.07, 6.45) is 4.77. The van der Waals surface area contributed by atoms with E-state index in [9.17, 15) is 0 Å². The van der Waals surface area contributed by atoms with Gasteiger partial charge in [-0.3, -0.25) is 4.98 Å². The van der Waals surface area contributed by atoms with Crippen molar-refractivity contribution in [1.82, 2.24) is 10.3 Å². The average molecular weight is 256 g/mol. The first-order valence-electron chi connectivity index (χ1n) is 6.62. The van der Waals surface area contributed by atoms with Crippen molar-refractivity contribution in [3.63, 3.8) is 0 Å². The maximum absolute atomic E-state index is 5.21. The SMILES string of the molecule is CCCNC(c1ccncc1)c1ccc(OC)cc1. The second kappa shape index (κ2) is 6.90. The van der Waals surface area contributed by atoms with Crippen molar-refractivity contribution in [2.75, 3.05) is 13.7 Å². The maximum Gasteiger partial charge on any atom is 0.118 e. The Hall–Kier alpha value is -1.87. The topological polar surface area (TPSA) is 34.2 Å². The van der Waals surface area contributed by atoms with Gasteiger partial charge in [0.2, 0.25) is 0 Å². The maximum atomic E-state index is 5.21. The summed E-state index contributed by atoms with van der Waals surface area (Å²) in [5.41, 5.74) is 2.47. The van der Waals surface area contributed by atoms with E-state index < -0.39 is 0 Å². The zero-order chi connectivity index (χ0) is 13.5. The molecule has 0 aliphatic heterocycles. The number of ether oxygens (including phenoxy) is 1. The number of benzene rings is 1. The minimum Gasteiger partial charge on any atom is -0.497 e. The highest BCUT2D eigenvalue weighted by Crippen LogP contribution is 2.23. The normalized spacial score (nSPS) is 12.1. The van der Waals surface area contributed by atoms with E-state index in [1.54, 1.807) is 7.11 Å². The van der Waals surface area contributed by atoms with Crippen molar-refractivity contribution in [3.05, 3.63) is 59.9 Å². The average Bonchev–Trinajstić information content (AvgIpc) is 2.49. The second-order valence-electron chi connectivity index (χ2n) is 4.44. The Kier molecular flexibility index (Phi) is 4.93. The van der Waals surface area contributed by atoms with Crippen LogP contribution in [0.25, 0.3) is 0 Å². The zero-order valence-electron chi connectivity index (χ0n) is 11.5. The van der Waals surface area contributed by atoms with Gasteiger partial charge in [-0.1, -0.05) is 19.1 Å². The fourth-order valence-corrected chi connectivity index (χ4v) is 2.07. The molecule has 1 atom stereocenters. The van der Waals surface area contributed by atoms with E-state index in [1.807, 2.05) is 24.5 Å². The van der Waals surface area contributed by atoms with Crippen molar-refractivity contribution in [1.29, 1.82) is 0 Å². The van der Waals surface area contributed by atoms with Gasteiger partial charge in [0.25, 0.3) is 0 Å². The molecule has 1 aromatic heterocycles. The third-order valence-corrected chi connectivity index (χ3v) is 3.09. The summed E-state index contributed by atoms with van der Waals surface area (Å²) in [6, 6.07) is 12.5. The first-order valence-corrected chi connectivity index (χ1v) is 6.62. The molecule has 1 N–H and O–H groups in total. The summed E-state index contributed by atoms with van der Waals surface area (Å²) < 4.78 is 5.21. The van der Waals surface area contributed by atoms with Crippen LogP contribution in [0.1, 0.15) is 30.5 Å². The van der Waals surface area contributed by atoms with E-state index in [1.165, 1.54) is 11.1 Å². The minimum absolute atomic E-state index is 0.203. The van der Waals surface area contributed by atoms with Crippen LogP contribution in [0.5, 0.6) is 5.75 Å². The van der Waals surface area contributed by atoms with E-state index in [0.29, 0.717) is 0 Å². The van der Waals surface area contributed by atoms with Crippen LogP contribution in [0.3, 0.4) is 0 Å². The van der Waals surface area contributed by atoms with Crippen LogP contribution < -0.4 is 10.1 Å². The molecule has 0 aliphatic rings. The van der Waals surface area contributed by atoms with E-state index in [4.69, 9.17) is 4.74 Å². The lowest BCUT2D eigenvalue weighted by atomic mass is 9.99. The Morgan fingerprint density at radius 2 is 1.68 bits per heavy atom. The molecule has 0 aliphatic carbocycles. The van der Waals surface area contributed by atoms with Crippen molar-refractivity contribution in [3.8, 4) is 5.75 Å². The molecule has 100 valence electrons. The quantitative estimate of drug-likeness (QED) is 0.862. The van der Waals surface area contributed by atoms with Gasteiger partial charge in [-0.2, -0.15) is 0 Å². The first kappa shape index (κ1) is 13.6. The van der Waals surface area contributed by atoms with E-state index in [0.717, 1.165) is 18.7 Å². The van der Waals surface area contributed by atoms with Crippen molar-refractivity contribution in [2.45, 2.75) is 19.4 Å². The lowest BCUT2D eigenvalue weighted by Gasteiger charge is -2.19. The minimum atomic E-state index is 0.203. The number of pyridine rings is 1. The predicted octanol–water partition coefficient (Wildman–Crippen LogP) is 3.18. The molecule has 3 heteroatoms. The molecule has 1 unspecified atom stereocenters. The van der Waals surface area contributed by atoms with Crippen LogP contribution in [-0.4, -0.2) is 18.6 Å². The van der Waals surface area contributed by atoms with Gasteiger partial charge < -0.3 is 10.1 Å². The summed E-state index contributed by atoms with van der Waals surface area (Å²) in [7, 11) is 1.69. The molecule has 0 bridgehead atoms. The molecular weight excluding hydrogens is 236 g/mol. The van der Waals surface area contributed by atoms with Crippen LogP contribution in [-0.2, 0) is 0 Å². The smallest absolute Gasteiger partial charge is 0.118 e. The van der Waals surface area contributed by atoms with E-state index >= 15 is 0 Å². The molecule has 1 heterocycles. The molecule has 0 amide bonds. The molecule has 0 saturated carbocycles. The Labute approximate surface area is 114 Å². The van der Waals surface area contributed by atoms with Gasteiger partial charge in [-0.05, 0) is 48.4 Å². The number of hydrogen-bond acceptors (Lipinski definition) is 3. The number of aromatic nitrogens is 1. The lowest BCUT2D eigenvalue weighted by molar-refractivity contribution is 0.414. The standard InChI is InChI=1S/C16H20N2O/c1-3-10-18-16(14-8-11-17-12-9-14)13-4-6-15(19-2)7-5-13/h4-9,11-12,16,18H,3,10H2,1-2H3. The Morgan fingerprint density at radius 3 is 2.26 bits per heavy atom. The van der Waals surface area contributed by atoms with Crippen LogP contribution in [0.2, 0.25) is 0 Å². The molecule has 2 rings (SSSR count). The molecule has 0 spiro atoms. The monoisotopic (exact) mass is 256 g/mol. The number of hydrogen-bond donors (Lipinski definition) is 1. The second-order valence-corrected chi connectivity index (χ2v) is 4.44. The van der Waals surface area contributed by atoms with Crippen LogP contribution in [0, 0.1) is 0 Å². The number of rotatable bonds is 6. The molecule has 19 heavy (non-hydrogen) atoms. The summed E-state index contributed by atoms with van der Waals surface area (Å²) in [4.78, 5) is 4.08. The van der Waals surface area contributed by atoms with Gasteiger partial charge in [0.1, 0.15) is 5.75 Å². The first-order chi connectivity index (χ1) is 9.35. The Morgan fingerprint density at radius 1 is 1.05 bits per heavy atom. The molecule has 1 aromatic carbocycles. The van der Waals surface area contributed by atoms with Crippen molar-refractivity contribution >= 4 is 0 Å². The predicted molar refractivity (Wildman–Crippen MR) is 77.4 cm³/mol. The zero-order valence-corrected chi connectivity index (χ0v) is 11.5. The van der Waals surface area contributed by atoms with Gasteiger partial charge in [0.15, 0.2) is 0 Å². The fraction of sp³-hybridized carbons (Fsp3) is 0.312. The lowest BCUT2D eigenvalue weighted by Crippen LogP contribution is -2.23. The molecule has 0 fully saturated rings. The van der Waals surface area contributed by atoms with Crippen LogP contribution in [0.15, 0.2) is 48.8 Å². The van der Waals surface area contributed by atoms with Gasteiger partial charge in [-0.25, -0.2) is 0 Å². The van der Waals surface area contributed by atoms with Crippen molar-refractivity contribution in [2.24, 2.45) is 0 Å². The molecule has 3 nitrogen and oxygen atoms in total. The Balaban J connectivity index is 2.26. The molecule has 2 aromatic rings. The van der Waals surface area contributed by atoms with Gasteiger partial charge >= 0.3 is 0 Å². The summed E-state index contributed by atoms with van der Waals surface area (Å²) in [5, 5.41) is 3.57. The van der Waals surface area contributed by atoms with E-state index in [2.05, 4.69) is 41.5 Å². The third-order valence-electron chi connectivity index (χ3n) is 3.09. The molecule has 0 radical (unpaired) electrons. The molecule has 0 saturated heterocycles. The number of nitrogens with one attached hydrogen (secondary N) is 1. The number of methoxy groups -OCH3 is 1. The van der Waals surface area contributed by atoms with Gasteiger partial charge in [0.05, 0.1) is 13.2 Å². The summed E-state index contributed by atoms with van der Waals surface area (Å²) >= 11 is 0. The highest BCUT2D eigenvalue weighted by atomic mass is 16.5. The fourth-order valence-electron chi connectivity index (χ4n) is 2.07. The molecular formula is C16H20N2O. The number of nitrogens with zero attached hydrogens (tertiary/aromatic N) is 1.